The second-order valence-electron chi connectivity index (χ2n) is 6.19. The van der Waals surface area contributed by atoms with Gasteiger partial charge in [-0.15, -0.1) is 11.3 Å². The third-order valence-corrected chi connectivity index (χ3v) is 5.39. The molecule has 0 atom stereocenters. The summed E-state index contributed by atoms with van der Waals surface area (Å²) in [5.74, 6) is 0.843. The molecule has 0 aliphatic rings. The molecule has 134 valence electrons. The van der Waals surface area contributed by atoms with Crippen molar-refractivity contribution < 1.29 is 9.13 Å². The molecule has 0 saturated heterocycles. The van der Waals surface area contributed by atoms with Crippen LogP contribution in [-0.4, -0.2) is 12.1 Å². The van der Waals surface area contributed by atoms with Crippen molar-refractivity contribution in [1.82, 2.24) is 4.98 Å². The van der Waals surface area contributed by atoms with E-state index in [9.17, 15) is 4.39 Å². The first kappa shape index (κ1) is 17.4. The van der Waals surface area contributed by atoms with Crippen LogP contribution in [0.2, 0.25) is 0 Å². The van der Waals surface area contributed by atoms with E-state index in [2.05, 4.69) is 24.3 Å². The Morgan fingerprint density at radius 3 is 2.56 bits per heavy atom. The highest BCUT2D eigenvalue weighted by Crippen LogP contribution is 2.32. The molecule has 0 saturated carbocycles. The number of fused-ring (bicyclic) bond motifs is 1. The Balaban J connectivity index is 1.55. The normalized spacial score (nSPS) is 11.3. The number of nitrogens with zero attached hydrogens (tertiary/aromatic N) is 1. The van der Waals surface area contributed by atoms with E-state index in [4.69, 9.17) is 9.72 Å². The van der Waals surface area contributed by atoms with Crippen LogP contribution in [0.15, 0.2) is 66.7 Å². The van der Waals surface area contributed by atoms with Gasteiger partial charge < -0.3 is 4.74 Å². The molecule has 1 heterocycles. The maximum atomic E-state index is 12.8. The summed E-state index contributed by atoms with van der Waals surface area (Å²) in [6.45, 7) is -0.440. The number of alkyl halides is 1. The quantitative estimate of drug-likeness (QED) is 0.366. The molecule has 0 N–H and O–H groups in total. The van der Waals surface area contributed by atoms with Gasteiger partial charge in [-0.2, -0.15) is 0 Å². The van der Waals surface area contributed by atoms with Gasteiger partial charge in [0.05, 0.1) is 17.3 Å². The summed E-state index contributed by atoms with van der Waals surface area (Å²) in [6, 6.07) is 21.7. The summed E-state index contributed by atoms with van der Waals surface area (Å²) < 4.78 is 19.2. The summed E-state index contributed by atoms with van der Waals surface area (Å²) in [7, 11) is 1.67. The summed E-state index contributed by atoms with van der Waals surface area (Å²) in [5.41, 5.74) is 4.85. The molecule has 0 fully saturated rings. The second-order valence-corrected chi connectivity index (χ2v) is 7.22. The van der Waals surface area contributed by atoms with Crippen LogP contribution in [0.1, 0.15) is 16.7 Å². The smallest absolute Gasteiger partial charge is 0.124 e. The van der Waals surface area contributed by atoms with E-state index in [0.29, 0.717) is 5.56 Å². The molecule has 3 aromatic carbocycles. The number of ether oxygens (including phenoxy) is 1. The average Bonchev–Trinajstić information content (AvgIpc) is 3.16. The Morgan fingerprint density at radius 1 is 0.963 bits per heavy atom. The van der Waals surface area contributed by atoms with Crippen molar-refractivity contribution in [2.75, 3.05) is 7.11 Å². The third-order valence-electron chi connectivity index (χ3n) is 4.33. The summed E-state index contributed by atoms with van der Waals surface area (Å²) in [5, 5.41) is 0.990. The number of hydrogen-bond acceptors (Lipinski definition) is 3. The van der Waals surface area contributed by atoms with E-state index >= 15 is 0 Å². The number of benzene rings is 3. The molecule has 2 nitrogen and oxygen atoms in total. The van der Waals surface area contributed by atoms with Crippen molar-refractivity contribution in [3.63, 3.8) is 0 Å². The highest BCUT2D eigenvalue weighted by atomic mass is 32.1. The lowest BCUT2D eigenvalue weighted by molar-refractivity contribution is 0.415. The van der Waals surface area contributed by atoms with Gasteiger partial charge in [-0.05, 0) is 41.0 Å². The molecule has 4 aromatic rings. The Hall–Kier alpha value is -2.98. The van der Waals surface area contributed by atoms with Crippen molar-refractivity contribution >= 4 is 33.7 Å². The number of aromatic nitrogens is 1. The maximum Gasteiger partial charge on any atom is 0.124 e. The topological polar surface area (TPSA) is 22.1 Å². The zero-order valence-corrected chi connectivity index (χ0v) is 15.7. The van der Waals surface area contributed by atoms with Crippen molar-refractivity contribution in [2.45, 2.75) is 6.67 Å². The standard InChI is InChI=1S/C23H18FNOS/c1-26-20-11-12-21-22(14-20)27-23(25-21)19-9-7-16(8-10-19)5-6-17-3-2-4-18(13-17)15-24/h2-14H,15H2,1H3/b6-5+. The van der Waals surface area contributed by atoms with Gasteiger partial charge in [-0.3, -0.25) is 0 Å². The molecule has 0 aliphatic heterocycles. The Bertz CT molecular complexity index is 1100. The molecular weight excluding hydrogens is 357 g/mol. The van der Waals surface area contributed by atoms with E-state index in [0.717, 1.165) is 37.7 Å². The zero-order chi connectivity index (χ0) is 18.6. The predicted octanol–water partition coefficient (Wildman–Crippen LogP) is 6.61. The lowest BCUT2D eigenvalue weighted by atomic mass is 10.1. The van der Waals surface area contributed by atoms with Gasteiger partial charge in [-0.25, -0.2) is 9.37 Å². The predicted molar refractivity (Wildman–Crippen MR) is 112 cm³/mol. The molecular formula is C23H18FNOS. The molecule has 27 heavy (non-hydrogen) atoms. The average molecular weight is 375 g/mol. The van der Waals surface area contributed by atoms with Gasteiger partial charge in [0, 0.05) is 5.56 Å². The van der Waals surface area contributed by atoms with Gasteiger partial charge in [0.25, 0.3) is 0 Å². The number of hydrogen-bond donors (Lipinski definition) is 0. The lowest BCUT2D eigenvalue weighted by Crippen LogP contribution is -1.80. The molecule has 0 spiro atoms. The zero-order valence-electron chi connectivity index (χ0n) is 14.9. The summed E-state index contributed by atoms with van der Waals surface area (Å²) in [4.78, 5) is 4.71. The maximum absolute atomic E-state index is 12.8. The van der Waals surface area contributed by atoms with E-state index in [1.807, 2.05) is 48.6 Å². The molecule has 0 unspecified atom stereocenters. The Morgan fingerprint density at radius 2 is 1.78 bits per heavy atom. The van der Waals surface area contributed by atoms with Gasteiger partial charge in [0.1, 0.15) is 17.4 Å². The number of methoxy groups -OCH3 is 1. The van der Waals surface area contributed by atoms with Crippen LogP contribution in [0, 0.1) is 0 Å². The first-order valence-corrected chi connectivity index (χ1v) is 9.45. The van der Waals surface area contributed by atoms with Crippen molar-refractivity contribution in [2.24, 2.45) is 0 Å². The van der Waals surface area contributed by atoms with Crippen molar-refractivity contribution in [3.05, 3.63) is 83.4 Å². The molecule has 0 bridgehead atoms. The van der Waals surface area contributed by atoms with Crippen molar-refractivity contribution in [1.29, 1.82) is 0 Å². The summed E-state index contributed by atoms with van der Waals surface area (Å²) in [6.07, 6.45) is 4.03. The highest BCUT2D eigenvalue weighted by molar-refractivity contribution is 7.21. The molecule has 4 heteroatoms. The minimum Gasteiger partial charge on any atom is -0.497 e. The molecule has 0 aliphatic carbocycles. The van der Waals surface area contributed by atoms with E-state index in [1.165, 1.54) is 0 Å². The van der Waals surface area contributed by atoms with Gasteiger partial charge >= 0.3 is 0 Å². The van der Waals surface area contributed by atoms with Crippen LogP contribution in [0.5, 0.6) is 5.75 Å². The van der Waals surface area contributed by atoms with Crippen LogP contribution in [-0.2, 0) is 6.67 Å². The second kappa shape index (κ2) is 7.72. The van der Waals surface area contributed by atoms with Crippen LogP contribution in [0.4, 0.5) is 4.39 Å². The van der Waals surface area contributed by atoms with Crippen LogP contribution in [0.3, 0.4) is 0 Å². The molecule has 0 radical (unpaired) electrons. The van der Waals surface area contributed by atoms with E-state index in [1.54, 1.807) is 24.5 Å². The van der Waals surface area contributed by atoms with E-state index in [-0.39, 0.29) is 0 Å². The first-order valence-electron chi connectivity index (χ1n) is 8.63. The fraction of sp³-hybridized carbons (Fsp3) is 0.0870. The largest absolute Gasteiger partial charge is 0.497 e. The van der Waals surface area contributed by atoms with E-state index < -0.39 is 6.67 Å². The van der Waals surface area contributed by atoms with Gasteiger partial charge in [-0.1, -0.05) is 54.6 Å². The van der Waals surface area contributed by atoms with Gasteiger partial charge in [0.2, 0.25) is 0 Å². The molecule has 0 amide bonds. The minimum absolute atomic E-state index is 0.440. The minimum atomic E-state index is -0.440. The van der Waals surface area contributed by atoms with Gasteiger partial charge in [0.15, 0.2) is 0 Å². The number of rotatable bonds is 5. The highest BCUT2D eigenvalue weighted by Gasteiger charge is 2.07. The summed E-state index contributed by atoms with van der Waals surface area (Å²) >= 11 is 1.66. The van der Waals surface area contributed by atoms with Crippen molar-refractivity contribution in [3.8, 4) is 16.3 Å². The molecule has 4 rings (SSSR count). The van der Waals surface area contributed by atoms with Crippen LogP contribution >= 0.6 is 11.3 Å². The fourth-order valence-corrected chi connectivity index (χ4v) is 3.86. The number of thiazole rings is 1. The molecule has 1 aromatic heterocycles. The Labute approximate surface area is 161 Å². The number of halogens is 1. The lowest BCUT2D eigenvalue weighted by Gasteiger charge is -1.99. The van der Waals surface area contributed by atoms with Crippen LogP contribution in [0.25, 0.3) is 32.9 Å². The fourth-order valence-electron chi connectivity index (χ4n) is 2.86. The van der Waals surface area contributed by atoms with Crippen LogP contribution < -0.4 is 4.74 Å². The monoisotopic (exact) mass is 375 g/mol. The SMILES string of the molecule is COc1ccc2nc(-c3ccc(/C=C/c4cccc(CF)c4)cc3)sc2c1. The Kier molecular flexibility index (Phi) is 4.99. The first-order chi connectivity index (χ1) is 13.2. The third kappa shape index (κ3) is 3.91.